The van der Waals surface area contributed by atoms with Crippen molar-refractivity contribution < 1.29 is 18.4 Å². The summed E-state index contributed by atoms with van der Waals surface area (Å²) in [5.74, 6) is -0.905. The normalized spacial score (nSPS) is 10.3. The Bertz CT molecular complexity index is 1010. The van der Waals surface area contributed by atoms with Crippen molar-refractivity contribution in [2.45, 2.75) is 13.0 Å². The monoisotopic (exact) mass is 409 g/mol. The number of carbonyl (C=O) groups excluding carboxylic acids is 2. The maximum Gasteiger partial charge on any atom is 0.319 e. The molecule has 0 saturated carbocycles. The van der Waals surface area contributed by atoms with Gasteiger partial charge in [0.05, 0.1) is 0 Å². The summed E-state index contributed by atoms with van der Waals surface area (Å²) < 4.78 is 26.5. The summed E-state index contributed by atoms with van der Waals surface area (Å²) in [6, 6.07) is 18.3. The fourth-order valence-electron chi connectivity index (χ4n) is 2.78. The number of halogens is 2. The largest absolute Gasteiger partial charge is 0.348 e. The van der Waals surface area contributed by atoms with Crippen LogP contribution >= 0.6 is 0 Å². The molecule has 0 atom stereocenters. The van der Waals surface area contributed by atoms with Gasteiger partial charge in [0.15, 0.2) is 0 Å². The van der Waals surface area contributed by atoms with Crippen LogP contribution in [0.15, 0.2) is 72.8 Å². The molecule has 154 valence electrons. The summed E-state index contributed by atoms with van der Waals surface area (Å²) in [5.41, 5.74) is 2.28. The predicted molar refractivity (Wildman–Crippen MR) is 111 cm³/mol. The number of urea groups is 1. The summed E-state index contributed by atoms with van der Waals surface area (Å²) in [6.07, 6.45) is 0.382. The van der Waals surface area contributed by atoms with Crippen LogP contribution in [0.2, 0.25) is 0 Å². The molecule has 30 heavy (non-hydrogen) atoms. The number of carbonyl (C=O) groups is 2. The van der Waals surface area contributed by atoms with Crippen LogP contribution < -0.4 is 16.0 Å². The average Bonchev–Trinajstić information content (AvgIpc) is 2.75. The molecule has 7 heteroatoms. The van der Waals surface area contributed by atoms with Crippen LogP contribution in [0.3, 0.4) is 0 Å². The standard InChI is InChI=1S/C23H21F2N3O2/c24-19-9-5-16(6-10-19)15-27-22(29)18-7-11-20(12-8-18)28-23(30)26-14-13-17-3-1-2-4-21(17)25/h1-12H,13-15H2,(H,27,29)(H2,26,28,30). The lowest BCUT2D eigenvalue weighted by Crippen LogP contribution is -2.30. The quantitative estimate of drug-likeness (QED) is 0.546. The molecular weight excluding hydrogens is 388 g/mol. The molecule has 0 aliphatic rings. The molecule has 3 aromatic rings. The van der Waals surface area contributed by atoms with E-state index in [4.69, 9.17) is 0 Å². The number of nitrogens with one attached hydrogen (secondary N) is 3. The van der Waals surface area contributed by atoms with Crippen molar-refractivity contribution in [3.63, 3.8) is 0 Å². The first-order chi connectivity index (χ1) is 14.5. The number of hydrogen-bond acceptors (Lipinski definition) is 2. The van der Waals surface area contributed by atoms with Gasteiger partial charge in [-0.05, 0) is 60.0 Å². The molecule has 0 aliphatic carbocycles. The minimum atomic E-state index is -0.417. The molecule has 0 saturated heterocycles. The van der Waals surface area contributed by atoms with Gasteiger partial charge >= 0.3 is 6.03 Å². The van der Waals surface area contributed by atoms with Gasteiger partial charge in [-0.1, -0.05) is 30.3 Å². The minimum absolute atomic E-state index is 0.278. The molecule has 0 spiro atoms. The van der Waals surface area contributed by atoms with Crippen molar-refractivity contribution >= 4 is 17.6 Å². The fraction of sp³-hybridized carbons (Fsp3) is 0.130. The Morgan fingerprint density at radius 2 is 1.50 bits per heavy atom. The van der Waals surface area contributed by atoms with E-state index in [0.717, 1.165) is 5.56 Å². The molecule has 0 bridgehead atoms. The van der Waals surface area contributed by atoms with Gasteiger partial charge < -0.3 is 16.0 Å². The van der Waals surface area contributed by atoms with Crippen LogP contribution in [0.25, 0.3) is 0 Å². The summed E-state index contributed by atoms with van der Waals surface area (Å²) in [6.45, 7) is 0.570. The van der Waals surface area contributed by atoms with Gasteiger partial charge in [-0.3, -0.25) is 4.79 Å². The van der Waals surface area contributed by atoms with Crippen LogP contribution in [0, 0.1) is 11.6 Å². The molecule has 3 aromatic carbocycles. The third-order valence-corrected chi connectivity index (χ3v) is 4.41. The third-order valence-electron chi connectivity index (χ3n) is 4.41. The molecule has 0 aliphatic heterocycles. The number of benzene rings is 3. The van der Waals surface area contributed by atoms with E-state index in [1.165, 1.54) is 18.2 Å². The maximum atomic E-state index is 13.6. The van der Waals surface area contributed by atoms with Gasteiger partial charge in [0.1, 0.15) is 11.6 Å². The zero-order valence-corrected chi connectivity index (χ0v) is 16.1. The molecule has 5 nitrogen and oxygen atoms in total. The summed E-state index contributed by atoms with van der Waals surface area (Å²) in [4.78, 5) is 24.2. The molecule has 3 rings (SSSR count). The fourth-order valence-corrected chi connectivity index (χ4v) is 2.78. The van der Waals surface area contributed by atoms with Crippen LogP contribution in [-0.4, -0.2) is 18.5 Å². The lowest BCUT2D eigenvalue weighted by Gasteiger charge is -2.09. The summed E-state index contributed by atoms with van der Waals surface area (Å²) in [7, 11) is 0. The van der Waals surface area contributed by atoms with Crippen molar-refractivity contribution in [1.29, 1.82) is 0 Å². The molecule has 0 fully saturated rings. The Hall–Kier alpha value is -3.74. The second-order valence-corrected chi connectivity index (χ2v) is 6.61. The van der Waals surface area contributed by atoms with Crippen LogP contribution in [0.1, 0.15) is 21.5 Å². The van der Waals surface area contributed by atoms with E-state index < -0.39 is 6.03 Å². The highest BCUT2D eigenvalue weighted by Crippen LogP contribution is 2.10. The highest BCUT2D eigenvalue weighted by molar-refractivity contribution is 5.95. The van der Waals surface area contributed by atoms with Crippen molar-refractivity contribution in [2.75, 3.05) is 11.9 Å². The second kappa shape index (κ2) is 10.2. The van der Waals surface area contributed by atoms with E-state index in [1.807, 2.05) is 0 Å². The lowest BCUT2D eigenvalue weighted by atomic mass is 10.1. The SMILES string of the molecule is O=C(NCCc1ccccc1F)Nc1ccc(C(=O)NCc2ccc(F)cc2)cc1. The molecule has 3 amide bonds. The van der Waals surface area contributed by atoms with E-state index in [1.54, 1.807) is 54.6 Å². The maximum absolute atomic E-state index is 13.6. The first-order valence-corrected chi connectivity index (χ1v) is 9.42. The highest BCUT2D eigenvalue weighted by Gasteiger charge is 2.07. The van der Waals surface area contributed by atoms with Gasteiger partial charge in [0, 0.05) is 24.3 Å². The first kappa shape index (κ1) is 21.0. The lowest BCUT2D eigenvalue weighted by molar-refractivity contribution is 0.0951. The summed E-state index contributed by atoms with van der Waals surface area (Å²) in [5, 5.41) is 8.08. The Labute approximate surface area is 173 Å². The predicted octanol–water partition coefficient (Wildman–Crippen LogP) is 4.26. The van der Waals surface area contributed by atoms with Gasteiger partial charge in [-0.2, -0.15) is 0 Å². The van der Waals surface area contributed by atoms with Crippen molar-refractivity contribution in [3.8, 4) is 0 Å². The minimum Gasteiger partial charge on any atom is -0.348 e. The van der Waals surface area contributed by atoms with E-state index in [2.05, 4.69) is 16.0 Å². The van der Waals surface area contributed by atoms with E-state index in [0.29, 0.717) is 23.2 Å². The van der Waals surface area contributed by atoms with Crippen LogP contribution in [0.5, 0.6) is 0 Å². The van der Waals surface area contributed by atoms with Crippen LogP contribution in [0.4, 0.5) is 19.3 Å². The van der Waals surface area contributed by atoms with Gasteiger partial charge in [0.25, 0.3) is 5.91 Å². The Balaban J connectivity index is 1.44. The highest BCUT2D eigenvalue weighted by atomic mass is 19.1. The first-order valence-electron chi connectivity index (χ1n) is 9.42. The third kappa shape index (κ3) is 6.13. The zero-order valence-electron chi connectivity index (χ0n) is 16.1. The Morgan fingerprint density at radius 3 is 2.20 bits per heavy atom. The molecule has 3 N–H and O–H groups in total. The number of hydrogen-bond donors (Lipinski definition) is 3. The van der Waals surface area contributed by atoms with E-state index in [-0.39, 0.29) is 30.6 Å². The van der Waals surface area contributed by atoms with Crippen molar-refractivity contribution in [3.05, 3.63) is 101 Å². The van der Waals surface area contributed by atoms with Crippen LogP contribution in [-0.2, 0) is 13.0 Å². The van der Waals surface area contributed by atoms with Gasteiger partial charge in [0.2, 0.25) is 0 Å². The average molecular weight is 409 g/mol. The molecule has 0 radical (unpaired) electrons. The van der Waals surface area contributed by atoms with E-state index in [9.17, 15) is 18.4 Å². The van der Waals surface area contributed by atoms with Gasteiger partial charge in [-0.15, -0.1) is 0 Å². The zero-order chi connectivity index (χ0) is 21.3. The topological polar surface area (TPSA) is 70.2 Å². The smallest absolute Gasteiger partial charge is 0.319 e. The van der Waals surface area contributed by atoms with E-state index >= 15 is 0 Å². The molecular formula is C23H21F2N3O2. The van der Waals surface area contributed by atoms with Crippen molar-refractivity contribution in [1.82, 2.24) is 10.6 Å². The second-order valence-electron chi connectivity index (χ2n) is 6.61. The molecule has 0 aromatic heterocycles. The number of amides is 3. The number of anilines is 1. The Morgan fingerprint density at radius 1 is 0.800 bits per heavy atom. The summed E-state index contributed by atoms with van der Waals surface area (Å²) >= 11 is 0. The molecule has 0 unspecified atom stereocenters. The number of rotatable bonds is 7. The van der Waals surface area contributed by atoms with Crippen molar-refractivity contribution in [2.24, 2.45) is 0 Å². The Kier molecular flexibility index (Phi) is 7.10. The van der Waals surface area contributed by atoms with Gasteiger partial charge in [-0.25, -0.2) is 13.6 Å². The molecule has 0 heterocycles.